The average molecular weight is 292 g/mol. The van der Waals surface area contributed by atoms with Gasteiger partial charge in [-0.2, -0.15) is 0 Å². The molecule has 0 saturated carbocycles. The smallest absolute Gasteiger partial charge is 0.411 e. The molecule has 1 N–H and O–H groups in total. The van der Waals surface area contributed by atoms with Crippen molar-refractivity contribution in [1.29, 1.82) is 0 Å². The van der Waals surface area contributed by atoms with Crippen LogP contribution in [0.1, 0.15) is 26.2 Å². The van der Waals surface area contributed by atoms with Gasteiger partial charge >= 0.3 is 6.09 Å². The summed E-state index contributed by atoms with van der Waals surface area (Å²) in [5.41, 5.74) is 0.690. The van der Waals surface area contributed by atoms with Gasteiger partial charge in [0.25, 0.3) is 0 Å². The Labute approximate surface area is 126 Å². The molecule has 2 rings (SSSR count). The van der Waals surface area contributed by atoms with Crippen molar-refractivity contribution in [2.75, 3.05) is 38.2 Å². The van der Waals surface area contributed by atoms with Crippen LogP contribution in [0.2, 0.25) is 0 Å². The molecule has 0 aromatic heterocycles. The standard InChI is InChI=1S/C16H24N2O3/c1-2-11-20-15-7-5-6-14(13-15)17-16(19)21-12-10-18-8-3-4-9-18/h5-7,13H,2-4,8-12H2,1H3,(H,17,19). The van der Waals surface area contributed by atoms with E-state index in [2.05, 4.69) is 17.1 Å². The first kappa shape index (κ1) is 15.6. The van der Waals surface area contributed by atoms with Gasteiger partial charge in [-0.1, -0.05) is 13.0 Å². The number of anilines is 1. The van der Waals surface area contributed by atoms with E-state index in [9.17, 15) is 4.79 Å². The number of ether oxygens (including phenoxy) is 2. The molecular formula is C16H24N2O3. The van der Waals surface area contributed by atoms with Gasteiger partial charge in [0.05, 0.1) is 6.61 Å². The molecule has 0 bridgehead atoms. The van der Waals surface area contributed by atoms with Crippen LogP contribution < -0.4 is 10.1 Å². The third-order valence-corrected chi connectivity index (χ3v) is 3.39. The van der Waals surface area contributed by atoms with Crippen LogP contribution in [-0.2, 0) is 4.74 Å². The largest absolute Gasteiger partial charge is 0.494 e. The van der Waals surface area contributed by atoms with Crippen molar-refractivity contribution in [3.05, 3.63) is 24.3 Å². The number of carbonyl (C=O) groups is 1. The summed E-state index contributed by atoms with van der Waals surface area (Å²) in [6, 6.07) is 7.35. The number of hydrogen-bond acceptors (Lipinski definition) is 4. The van der Waals surface area contributed by atoms with Crippen LogP contribution in [0.3, 0.4) is 0 Å². The predicted molar refractivity (Wildman–Crippen MR) is 82.9 cm³/mol. The highest BCUT2D eigenvalue weighted by Crippen LogP contribution is 2.17. The van der Waals surface area contributed by atoms with Crippen LogP contribution in [0.4, 0.5) is 10.5 Å². The molecular weight excluding hydrogens is 268 g/mol. The fourth-order valence-electron chi connectivity index (χ4n) is 2.31. The van der Waals surface area contributed by atoms with Gasteiger partial charge in [0.1, 0.15) is 12.4 Å². The third kappa shape index (κ3) is 5.63. The van der Waals surface area contributed by atoms with Gasteiger partial charge in [0.15, 0.2) is 0 Å². The van der Waals surface area contributed by atoms with E-state index in [0.29, 0.717) is 18.9 Å². The van der Waals surface area contributed by atoms with E-state index in [1.54, 1.807) is 6.07 Å². The van der Waals surface area contributed by atoms with Crippen molar-refractivity contribution in [1.82, 2.24) is 4.90 Å². The van der Waals surface area contributed by atoms with E-state index in [0.717, 1.165) is 31.8 Å². The monoisotopic (exact) mass is 292 g/mol. The predicted octanol–water partition coefficient (Wildman–Crippen LogP) is 3.12. The Kier molecular flexibility index (Phi) is 6.34. The molecule has 1 aliphatic heterocycles. The van der Waals surface area contributed by atoms with Gasteiger partial charge in [0, 0.05) is 18.3 Å². The summed E-state index contributed by atoms with van der Waals surface area (Å²) < 4.78 is 10.7. The highest BCUT2D eigenvalue weighted by molar-refractivity contribution is 5.84. The summed E-state index contributed by atoms with van der Waals surface area (Å²) >= 11 is 0. The van der Waals surface area contributed by atoms with Gasteiger partial charge in [-0.3, -0.25) is 10.2 Å². The van der Waals surface area contributed by atoms with Crippen LogP contribution in [0, 0.1) is 0 Å². The Morgan fingerprint density at radius 3 is 2.86 bits per heavy atom. The molecule has 1 amide bonds. The second-order valence-corrected chi connectivity index (χ2v) is 5.19. The van der Waals surface area contributed by atoms with Gasteiger partial charge in [0.2, 0.25) is 0 Å². The second kappa shape index (κ2) is 8.52. The Hall–Kier alpha value is -1.75. The van der Waals surface area contributed by atoms with Gasteiger partial charge in [-0.05, 0) is 44.5 Å². The molecule has 1 aliphatic rings. The fourth-order valence-corrected chi connectivity index (χ4v) is 2.31. The fraction of sp³-hybridized carbons (Fsp3) is 0.562. The molecule has 0 unspecified atom stereocenters. The van der Waals surface area contributed by atoms with Crippen LogP contribution in [0.15, 0.2) is 24.3 Å². The van der Waals surface area contributed by atoms with E-state index >= 15 is 0 Å². The number of hydrogen-bond donors (Lipinski definition) is 1. The van der Waals surface area contributed by atoms with E-state index in [1.807, 2.05) is 18.2 Å². The normalized spacial score (nSPS) is 14.9. The first-order chi connectivity index (χ1) is 10.3. The summed E-state index contributed by atoms with van der Waals surface area (Å²) in [6.07, 6.45) is 3.03. The topological polar surface area (TPSA) is 50.8 Å². The molecule has 116 valence electrons. The molecule has 0 aliphatic carbocycles. The van der Waals surface area contributed by atoms with E-state index < -0.39 is 6.09 Å². The van der Waals surface area contributed by atoms with Gasteiger partial charge in [-0.25, -0.2) is 4.79 Å². The maximum Gasteiger partial charge on any atom is 0.411 e. The first-order valence-electron chi connectivity index (χ1n) is 7.67. The molecule has 1 aromatic carbocycles. The SMILES string of the molecule is CCCOc1cccc(NC(=O)OCCN2CCCC2)c1. The number of carbonyl (C=O) groups excluding carboxylic acids is 1. The second-order valence-electron chi connectivity index (χ2n) is 5.19. The number of nitrogens with zero attached hydrogens (tertiary/aromatic N) is 1. The Balaban J connectivity index is 1.71. The highest BCUT2D eigenvalue weighted by atomic mass is 16.5. The minimum Gasteiger partial charge on any atom is -0.494 e. The van der Waals surface area contributed by atoms with Gasteiger partial charge in [-0.15, -0.1) is 0 Å². The number of amides is 1. The summed E-state index contributed by atoms with van der Waals surface area (Å²) in [7, 11) is 0. The maximum absolute atomic E-state index is 11.7. The van der Waals surface area contributed by atoms with Crippen molar-refractivity contribution < 1.29 is 14.3 Å². The zero-order chi connectivity index (χ0) is 14.9. The lowest BCUT2D eigenvalue weighted by atomic mass is 10.3. The molecule has 0 atom stereocenters. The van der Waals surface area contributed by atoms with E-state index in [-0.39, 0.29) is 0 Å². The van der Waals surface area contributed by atoms with E-state index in [1.165, 1.54) is 12.8 Å². The summed E-state index contributed by atoms with van der Waals surface area (Å²) in [6.45, 7) is 6.19. The number of benzene rings is 1. The first-order valence-corrected chi connectivity index (χ1v) is 7.67. The van der Waals surface area contributed by atoms with Crippen LogP contribution in [-0.4, -0.2) is 43.8 Å². The molecule has 1 heterocycles. The van der Waals surface area contributed by atoms with Gasteiger partial charge < -0.3 is 9.47 Å². The Morgan fingerprint density at radius 2 is 2.10 bits per heavy atom. The molecule has 1 fully saturated rings. The zero-order valence-corrected chi connectivity index (χ0v) is 12.6. The average Bonchev–Trinajstić information content (AvgIpc) is 2.99. The quantitative estimate of drug-likeness (QED) is 0.839. The van der Waals surface area contributed by atoms with Crippen molar-refractivity contribution >= 4 is 11.8 Å². The van der Waals surface area contributed by atoms with Crippen molar-refractivity contribution in [3.8, 4) is 5.75 Å². The number of likely N-dealkylation sites (tertiary alicyclic amines) is 1. The molecule has 5 nitrogen and oxygen atoms in total. The third-order valence-electron chi connectivity index (χ3n) is 3.39. The van der Waals surface area contributed by atoms with E-state index in [4.69, 9.17) is 9.47 Å². The zero-order valence-electron chi connectivity index (χ0n) is 12.6. The van der Waals surface area contributed by atoms with Crippen LogP contribution in [0.5, 0.6) is 5.75 Å². The lowest BCUT2D eigenvalue weighted by molar-refractivity contribution is 0.146. The minimum atomic E-state index is -0.415. The maximum atomic E-state index is 11.7. The lowest BCUT2D eigenvalue weighted by Crippen LogP contribution is -2.26. The Bertz CT molecular complexity index is 445. The molecule has 0 spiro atoms. The highest BCUT2D eigenvalue weighted by Gasteiger charge is 2.12. The van der Waals surface area contributed by atoms with Crippen LogP contribution >= 0.6 is 0 Å². The van der Waals surface area contributed by atoms with Crippen molar-refractivity contribution in [2.24, 2.45) is 0 Å². The molecule has 21 heavy (non-hydrogen) atoms. The lowest BCUT2D eigenvalue weighted by Gasteiger charge is -2.14. The summed E-state index contributed by atoms with van der Waals surface area (Å²) in [5, 5.41) is 2.72. The number of nitrogens with one attached hydrogen (secondary N) is 1. The molecule has 0 radical (unpaired) electrons. The molecule has 1 aromatic rings. The summed E-state index contributed by atoms with van der Waals surface area (Å²) in [4.78, 5) is 14.0. The Morgan fingerprint density at radius 1 is 1.29 bits per heavy atom. The van der Waals surface area contributed by atoms with Crippen LogP contribution in [0.25, 0.3) is 0 Å². The minimum absolute atomic E-state index is 0.415. The van der Waals surface area contributed by atoms with Crippen molar-refractivity contribution in [3.63, 3.8) is 0 Å². The molecule has 1 saturated heterocycles. The number of rotatable bonds is 7. The summed E-state index contributed by atoms with van der Waals surface area (Å²) in [5.74, 6) is 0.756. The van der Waals surface area contributed by atoms with Crippen molar-refractivity contribution in [2.45, 2.75) is 26.2 Å². The molecule has 5 heteroatoms.